The predicted molar refractivity (Wildman–Crippen MR) is 105 cm³/mol. The molecule has 2 aromatic carbocycles. The van der Waals surface area contributed by atoms with Gasteiger partial charge < -0.3 is 0 Å². The van der Waals surface area contributed by atoms with Gasteiger partial charge in [0.05, 0.1) is 21.1 Å². The smallest absolute Gasteiger partial charge is 0.268 e. The highest BCUT2D eigenvalue weighted by molar-refractivity contribution is 8.27. The van der Waals surface area contributed by atoms with E-state index in [0.717, 1.165) is 28.6 Å². The molecular weight excluding hydrogens is 356 g/mol. The van der Waals surface area contributed by atoms with Crippen LogP contribution in [0.4, 0.5) is 11.4 Å². The Morgan fingerprint density at radius 2 is 1.92 bits per heavy atom. The summed E-state index contributed by atoms with van der Waals surface area (Å²) in [4.78, 5) is 25.4. The van der Waals surface area contributed by atoms with E-state index in [1.807, 2.05) is 32.0 Å². The molecule has 7 heteroatoms. The molecule has 0 aliphatic carbocycles. The maximum absolute atomic E-state index is 12.8. The fourth-order valence-electron chi connectivity index (χ4n) is 2.55. The van der Waals surface area contributed by atoms with Gasteiger partial charge in [0.2, 0.25) is 0 Å². The monoisotopic (exact) mass is 370 g/mol. The molecule has 1 aliphatic heterocycles. The molecule has 0 saturated carbocycles. The second-order valence-corrected chi connectivity index (χ2v) is 7.30. The van der Waals surface area contributed by atoms with E-state index in [-0.39, 0.29) is 11.6 Å². The molecule has 3 rings (SSSR count). The highest BCUT2D eigenvalue weighted by Crippen LogP contribution is 2.38. The summed E-state index contributed by atoms with van der Waals surface area (Å²) in [6.07, 6.45) is 1.53. The number of thiocarbonyl (C=S) groups is 1. The Bertz CT molecular complexity index is 938. The Balaban J connectivity index is 2.02. The average Bonchev–Trinajstić information content (AvgIpc) is 2.84. The maximum Gasteiger partial charge on any atom is 0.276 e. The van der Waals surface area contributed by atoms with Gasteiger partial charge in [-0.15, -0.1) is 0 Å². The SMILES string of the molecule is Cc1ccc(C)c(N2C(=O)/C(=C/c3ccccc3[N+](=O)[O-])SC2=S)c1. The first-order chi connectivity index (χ1) is 11.9. The lowest BCUT2D eigenvalue weighted by Crippen LogP contribution is -2.28. The van der Waals surface area contributed by atoms with E-state index in [9.17, 15) is 14.9 Å². The first kappa shape index (κ1) is 17.3. The fraction of sp³-hybridized carbons (Fsp3) is 0.111. The summed E-state index contributed by atoms with van der Waals surface area (Å²) in [6.45, 7) is 3.86. The van der Waals surface area contributed by atoms with Gasteiger partial charge in [0.25, 0.3) is 11.6 Å². The van der Waals surface area contributed by atoms with E-state index in [4.69, 9.17) is 12.2 Å². The number of para-hydroxylation sites is 1. The van der Waals surface area contributed by atoms with Gasteiger partial charge in [-0.05, 0) is 43.2 Å². The van der Waals surface area contributed by atoms with Crippen LogP contribution in [0, 0.1) is 24.0 Å². The Kier molecular flexibility index (Phi) is 4.69. The van der Waals surface area contributed by atoms with Gasteiger partial charge in [0.1, 0.15) is 0 Å². The molecule has 0 aromatic heterocycles. The van der Waals surface area contributed by atoms with Crippen molar-refractivity contribution < 1.29 is 9.72 Å². The molecule has 25 heavy (non-hydrogen) atoms. The van der Waals surface area contributed by atoms with Crippen molar-refractivity contribution in [2.45, 2.75) is 13.8 Å². The van der Waals surface area contributed by atoms with Crippen LogP contribution in [-0.2, 0) is 4.79 Å². The van der Waals surface area contributed by atoms with Gasteiger partial charge in [0.15, 0.2) is 4.32 Å². The number of nitrogens with zero attached hydrogens (tertiary/aromatic N) is 2. The quantitative estimate of drug-likeness (QED) is 0.341. The van der Waals surface area contributed by atoms with E-state index < -0.39 is 4.92 Å². The van der Waals surface area contributed by atoms with Crippen LogP contribution in [0.5, 0.6) is 0 Å². The molecular formula is C18H14N2O3S2. The number of carbonyl (C=O) groups is 1. The van der Waals surface area contributed by atoms with Crippen LogP contribution in [0.1, 0.15) is 16.7 Å². The summed E-state index contributed by atoms with van der Waals surface area (Å²) in [7, 11) is 0. The van der Waals surface area contributed by atoms with Crippen LogP contribution in [0.2, 0.25) is 0 Å². The van der Waals surface area contributed by atoms with Crippen molar-refractivity contribution in [1.82, 2.24) is 0 Å². The molecule has 1 amide bonds. The van der Waals surface area contributed by atoms with Crippen molar-refractivity contribution >= 4 is 51.7 Å². The van der Waals surface area contributed by atoms with Gasteiger partial charge in [0, 0.05) is 6.07 Å². The van der Waals surface area contributed by atoms with E-state index in [1.54, 1.807) is 18.2 Å². The van der Waals surface area contributed by atoms with Crippen LogP contribution in [0.3, 0.4) is 0 Å². The Hall–Kier alpha value is -2.51. The van der Waals surface area contributed by atoms with Crippen molar-refractivity contribution in [1.29, 1.82) is 0 Å². The van der Waals surface area contributed by atoms with Gasteiger partial charge >= 0.3 is 0 Å². The van der Waals surface area contributed by atoms with Crippen LogP contribution in [-0.4, -0.2) is 15.2 Å². The second-order valence-electron chi connectivity index (χ2n) is 5.62. The normalized spacial score (nSPS) is 15.9. The van der Waals surface area contributed by atoms with Crippen LogP contribution < -0.4 is 4.90 Å². The molecule has 0 radical (unpaired) electrons. The highest BCUT2D eigenvalue weighted by atomic mass is 32.2. The number of aryl methyl sites for hydroxylation is 2. The third-order valence-electron chi connectivity index (χ3n) is 3.82. The number of hydrogen-bond acceptors (Lipinski definition) is 5. The number of nitro benzene ring substituents is 1. The predicted octanol–water partition coefficient (Wildman–Crippen LogP) is 4.62. The lowest BCUT2D eigenvalue weighted by molar-refractivity contribution is -0.385. The minimum Gasteiger partial charge on any atom is -0.268 e. The summed E-state index contributed by atoms with van der Waals surface area (Å²) in [5, 5.41) is 11.2. The first-order valence-corrected chi connectivity index (χ1v) is 8.69. The summed E-state index contributed by atoms with van der Waals surface area (Å²) in [5.74, 6) is -0.262. The minimum absolute atomic E-state index is 0.0421. The summed E-state index contributed by atoms with van der Waals surface area (Å²) in [6, 6.07) is 12.1. The first-order valence-electron chi connectivity index (χ1n) is 7.47. The van der Waals surface area contributed by atoms with Gasteiger partial charge in [-0.25, -0.2) is 0 Å². The number of amides is 1. The lowest BCUT2D eigenvalue weighted by Gasteiger charge is -2.17. The zero-order valence-electron chi connectivity index (χ0n) is 13.6. The molecule has 0 spiro atoms. The molecule has 1 aliphatic rings. The number of thioether (sulfide) groups is 1. The van der Waals surface area contributed by atoms with Crippen LogP contribution in [0.15, 0.2) is 47.4 Å². The zero-order chi connectivity index (χ0) is 18.1. The number of rotatable bonds is 3. The van der Waals surface area contributed by atoms with E-state index in [2.05, 4.69) is 0 Å². The van der Waals surface area contributed by atoms with E-state index in [0.29, 0.717) is 14.8 Å². The van der Waals surface area contributed by atoms with Gasteiger partial charge in [-0.1, -0.05) is 48.2 Å². The van der Waals surface area contributed by atoms with Gasteiger partial charge in [-0.3, -0.25) is 19.8 Å². The number of carbonyl (C=O) groups excluding carboxylic acids is 1. The highest BCUT2D eigenvalue weighted by Gasteiger charge is 2.34. The summed E-state index contributed by atoms with van der Waals surface area (Å²) in [5.41, 5.74) is 3.05. The molecule has 0 N–H and O–H groups in total. The maximum atomic E-state index is 12.8. The number of nitro groups is 1. The van der Waals surface area contributed by atoms with Gasteiger partial charge in [-0.2, -0.15) is 0 Å². The standard InChI is InChI=1S/C18H14N2O3S2/c1-11-7-8-12(2)15(9-11)19-17(21)16(25-18(19)24)10-13-5-3-4-6-14(13)20(22)23/h3-10H,1-2H3/b16-10-. The number of hydrogen-bond donors (Lipinski definition) is 0. The average molecular weight is 370 g/mol. The fourth-order valence-corrected chi connectivity index (χ4v) is 3.83. The van der Waals surface area contributed by atoms with Crippen molar-refractivity contribution in [2.24, 2.45) is 0 Å². The third kappa shape index (κ3) is 3.33. The second kappa shape index (κ2) is 6.78. The van der Waals surface area contributed by atoms with Crippen molar-refractivity contribution in [2.75, 3.05) is 4.90 Å². The molecule has 1 heterocycles. The minimum atomic E-state index is -0.461. The summed E-state index contributed by atoms with van der Waals surface area (Å²) < 4.78 is 0.420. The molecule has 5 nitrogen and oxygen atoms in total. The number of anilines is 1. The van der Waals surface area contributed by atoms with E-state index >= 15 is 0 Å². The Morgan fingerprint density at radius 1 is 1.20 bits per heavy atom. The van der Waals surface area contributed by atoms with E-state index in [1.165, 1.54) is 17.0 Å². The summed E-state index contributed by atoms with van der Waals surface area (Å²) >= 11 is 6.53. The molecule has 126 valence electrons. The Morgan fingerprint density at radius 3 is 2.64 bits per heavy atom. The largest absolute Gasteiger partial charge is 0.276 e. The van der Waals surface area contributed by atoms with Crippen molar-refractivity contribution in [3.8, 4) is 0 Å². The Labute approximate surface area is 154 Å². The zero-order valence-corrected chi connectivity index (χ0v) is 15.2. The third-order valence-corrected chi connectivity index (χ3v) is 5.12. The molecule has 2 aromatic rings. The van der Waals surface area contributed by atoms with Crippen LogP contribution >= 0.6 is 24.0 Å². The van der Waals surface area contributed by atoms with Crippen molar-refractivity contribution in [3.05, 3.63) is 74.2 Å². The molecule has 0 unspecified atom stereocenters. The molecule has 1 saturated heterocycles. The lowest BCUT2D eigenvalue weighted by atomic mass is 10.1. The topological polar surface area (TPSA) is 63.5 Å². The van der Waals surface area contributed by atoms with Crippen LogP contribution in [0.25, 0.3) is 6.08 Å². The molecule has 0 atom stereocenters. The molecule has 0 bridgehead atoms. The van der Waals surface area contributed by atoms with Crippen molar-refractivity contribution in [3.63, 3.8) is 0 Å². The molecule has 1 fully saturated rings. The number of benzene rings is 2.